The summed E-state index contributed by atoms with van der Waals surface area (Å²) in [5.41, 5.74) is 0.488. The van der Waals surface area contributed by atoms with Crippen molar-refractivity contribution in [3.05, 3.63) is 24.3 Å². The third-order valence-corrected chi connectivity index (χ3v) is 3.12. The first-order valence-corrected chi connectivity index (χ1v) is 6.04. The van der Waals surface area contributed by atoms with Crippen LogP contribution in [0.2, 0.25) is 0 Å². The average Bonchev–Trinajstić information content (AvgIpc) is 2.82. The van der Waals surface area contributed by atoms with Crippen molar-refractivity contribution < 1.29 is 9.90 Å². The van der Waals surface area contributed by atoms with Gasteiger partial charge in [0.15, 0.2) is 0 Å². The highest BCUT2D eigenvalue weighted by Gasteiger charge is 2.15. The van der Waals surface area contributed by atoms with Crippen molar-refractivity contribution >= 4 is 11.6 Å². The van der Waals surface area contributed by atoms with Crippen molar-refractivity contribution in [1.29, 1.82) is 0 Å². The summed E-state index contributed by atoms with van der Waals surface area (Å²) in [5.74, 6) is 0.701. The number of amides is 1. The van der Waals surface area contributed by atoms with Gasteiger partial charge in [-0.15, -0.1) is 0 Å². The van der Waals surface area contributed by atoms with Crippen LogP contribution >= 0.6 is 0 Å². The Morgan fingerprint density at radius 1 is 1.47 bits per heavy atom. The van der Waals surface area contributed by atoms with Gasteiger partial charge in [-0.3, -0.25) is 4.79 Å². The summed E-state index contributed by atoms with van der Waals surface area (Å²) in [6.45, 7) is 2.08. The zero-order chi connectivity index (χ0) is 12.1. The number of anilines is 1. The molecule has 92 valence electrons. The second kappa shape index (κ2) is 5.68. The lowest BCUT2D eigenvalue weighted by Crippen LogP contribution is -2.15. The van der Waals surface area contributed by atoms with Gasteiger partial charge in [0.25, 0.3) is 0 Å². The summed E-state index contributed by atoms with van der Waals surface area (Å²) < 4.78 is 0. The Bertz CT molecular complexity index is 387. The molecular formula is C13H18N2O2. The zero-order valence-electron chi connectivity index (χ0n) is 9.78. The first-order chi connectivity index (χ1) is 8.25. The van der Waals surface area contributed by atoms with Crippen molar-refractivity contribution in [3.63, 3.8) is 0 Å². The number of phenolic OH excluding ortho intramolecular Hbond substituents is 1. The minimum atomic E-state index is -0.0293. The molecule has 0 aliphatic carbocycles. The molecule has 1 aliphatic rings. The molecule has 1 unspecified atom stereocenters. The number of rotatable bonds is 4. The van der Waals surface area contributed by atoms with Gasteiger partial charge >= 0.3 is 0 Å². The molecule has 0 aromatic heterocycles. The third kappa shape index (κ3) is 3.46. The van der Waals surface area contributed by atoms with Crippen molar-refractivity contribution in [1.82, 2.24) is 5.32 Å². The molecule has 1 aromatic rings. The van der Waals surface area contributed by atoms with Crippen LogP contribution in [-0.2, 0) is 4.79 Å². The van der Waals surface area contributed by atoms with E-state index in [9.17, 15) is 9.90 Å². The van der Waals surface area contributed by atoms with Crippen molar-refractivity contribution in [2.75, 3.05) is 18.4 Å². The second-order valence-electron chi connectivity index (χ2n) is 4.46. The molecule has 17 heavy (non-hydrogen) atoms. The van der Waals surface area contributed by atoms with Crippen molar-refractivity contribution in [3.8, 4) is 5.75 Å². The van der Waals surface area contributed by atoms with Gasteiger partial charge in [-0.1, -0.05) is 12.1 Å². The van der Waals surface area contributed by atoms with Gasteiger partial charge in [0.1, 0.15) is 5.75 Å². The molecule has 0 bridgehead atoms. The van der Waals surface area contributed by atoms with Crippen LogP contribution in [0.4, 0.5) is 5.69 Å². The summed E-state index contributed by atoms with van der Waals surface area (Å²) >= 11 is 0. The molecule has 1 aromatic carbocycles. The van der Waals surface area contributed by atoms with Gasteiger partial charge in [-0.25, -0.2) is 0 Å². The maximum absolute atomic E-state index is 11.7. The van der Waals surface area contributed by atoms with E-state index in [-0.39, 0.29) is 11.7 Å². The van der Waals surface area contributed by atoms with E-state index in [4.69, 9.17) is 0 Å². The fraction of sp³-hybridized carbons (Fsp3) is 0.462. The van der Waals surface area contributed by atoms with E-state index in [0.717, 1.165) is 25.9 Å². The predicted molar refractivity (Wildman–Crippen MR) is 66.9 cm³/mol. The van der Waals surface area contributed by atoms with E-state index in [1.165, 1.54) is 0 Å². The lowest BCUT2D eigenvalue weighted by atomic mass is 10.0. The van der Waals surface area contributed by atoms with Crippen LogP contribution < -0.4 is 10.6 Å². The molecule has 3 N–H and O–H groups in total. The van der Waals surface area contributed by atoms with E-state index < -0.39 is 0 Å². The molecule has 1 atom stereocenters. The first-order valence-electron chi connectivity index (χ1n) is 6.04. The summed E-state index contributed by atoms with van der Waals surface area (Å²) in [6.07, 6.45) is 2.58. The lowest BCUT2D eigenvalue weighted by molar-refractivity contribution is -0.116. The van der Waals surface area contributed by atoms with Crippen LogP contribution in [0.5, 0.6) is 5.75 Å². The second-order valence-corrected chi connectivity index (χ2v) is 4.46. The first kappa shape index (κ1) is 11.9. The molecule has 1 heterocycles. The van der Waals surface area contributed by atoms with E-state index >= 15 is 0 Å². The van der Waals surface area contributed by atoms with E-state index in [1.807, 2.05) is 0 Å². The maximum Gasteiger partial charge on any atom is 0.224 e. The Balaban J connectivity index is 1.79. The fourth-order valence-corrected chi connectivity index (χ4v) is 2.09. The van der Waals surface area contributed by atoms with Crippen molar-refractivity contribution in [2.45, 2.75) is 19.3 Å². The van der Waals surface area contributed by atoms with Gasteiger partial charge in [0, 0.05) is 6.42 Å². The largest absolute Gasteiger partial charge is 0.506 e. The Labute approximate surface area is 101 Å². The highest BCUT2D eigenvalue weighted by Crippen LogP contribution is 2.22. The Kier molecular flexibility index (Phi) is 3.98. The van der Waals surface area contributed by atoms with Crippen LogP contribution in [0.3, 0.4) is 0 Å². The molecule has 1 fully saturated rings. The molecule has 0 spiro atoms. The number of phenols is 1. The SMILES string of the molecule is O=C(CCC1CCNC1)Nc1ccccc1O. The molecular weight excluding hydrogens is 216 g/mol. The monoisotopic (exact) mass is 234 g/mol. The molecule has 2 rings (SSSR count). The fourth-order valence-electron chi connectivity index (χ4n) is 2.09. The topological polar surface area (TPSA) is 61.4 Å². The number of carbonyl (C=O) groups excluding carboxylic acids is 1. The highest BCUT2D eigenvalue weighted by molar-refractivity contribution is 5.92. The lowest BCUT2D eigenvalue weighted by Gasteiger charge is -2.09. The summed E-state index contributed by atoms with van der Waals surface area (Å²) in [6, 6.07) is 6.78. The van der Waals surface area contributed by atoms with Crippen molar-refractivity contribution in [2.24, 2.45) is 5.92 Å². The average molecular weight is 234 g/mol. The number of nitrogens with one attached hydrogen (secondary N) is 2. The van der Waals surface area contributed by atoms with Gasteiger partial charge in [0.2, 0.25) is 5.91 Å². The minimum absolute atomic E-state index is 0.0293. The van der Waals surface area contributed by atoms with Crippen LogP contribution in [0.15, 0.2) is 24.3 Å². The minimum Gasteiger partial charge on any atom is -0.506 e. The van der Waals surface area contributed by atoms with E-state index in [2.05, 4.69) is 10.6 Å². The van der Waals surface area contributed by atoms with Crippen LogP contribution in [0.25, 0.3) is 0 Å². The van der Waals surface area contributed by atoms with Gasteiger partial charge in [-0.05, 0) is 44.0 Å². The number of aromatic hydroxyl groups is 1. The van der Waals surface area contributed by atoms with Crippen LogP contribution in [0.1, 0.15) is 19.3 Å². The van der Waals surface area contributed by atoms with Crippen LogP contribution in [-0.4, -0.2) is 24.1 Å². The number of hydrogen-bond acceptors (Lipinski definition) is 3. The zero-order valence-corrected chi connectivity index (χ0v) is 9.78. The van der Waals surface area contributed by atoms with Gasteiger partial charge in [-0.2, -0.15) is 0 Å². The standard InChI is InChI=1S/C13H18N2O2/c16-12-4-2-1-3-11(12)15-13(17)6-5-10-7-8-14-9-10/h1-4,10,14,16H,5-9H2,(H,15,17). The van der Waals surface area contributed by atoms with E-state index in [0.29, 0.717) is 18.0 Å². The Hall–Kier alpha value is -1.55. The number of hydrogen-bond donors (Lipinski definition) is 3. The number of carbonyl (C=O) groups is 1. The summed E-state index contributed by atoms with van der Waals surface area (Å²) in [4.78, 5) is 11.7. The van der Waals surface area contributed by atoms with Gasteiger partial charge < -0.3 is 15.7 Å². The summed E-state index contributed by atoms with van der Waals surface area (Å²) in [7, 11) is 0. The molecule has 1 saturated heterocycles. The predicted octanol–water partition coefficient (Wildman–Crippen LogP) is 1.72. The molecule has 4 nitrogen and oxygen atoms in total. The quantitative estimate of drug-likeness (QED) is 0.695. The molecule has 4 heteroatoms. The molecule has 0 saturated carbocycles. The smallest absolute Gasteiger partial charge is 0.224 e. The summed E-state index contributed by atoms with van der Waals surface area (Å²) in [5, 5.41) is 15.5. The molecule has 1 amide bonds. The van der Waals surface area contributed by atoms with Crippen LogP contribution in [0, 0.1) is 5.92 Å². The maximum atomic E-state index is 11.7. The number of para-hydroxylation sites is 2. The third-order valence-electron chi connectivity index (χ3n) is 3.12. The van der Waals surface area contributed by atoms with Gasteiger partial charge in [0.05, 0.1) is 5.69 Å². The Morgan fingerprint density at radius 3 is 3.00 bits per heavy atom. The Morgan fingerprint density at radius 2 is 2.29 bits per heavy atom. The molecule has 1 aliphatic heterocycles. The number of benzene rings is 1. The van der Waals surface area contributed by atoms with E-state index in [1.54, 1.807) is 24.3 Å². The molecule has 0 radical (unpaired) electrons. The normalized spacial score (nSPS) is 19.2. The highest BCUT2D eigenvalue weighted by atomic mass is 16.3.